The third kappa shape index (κ3) is 5.84. The summed E-state index contributed by atoms with van der Waals surface area (Å²) in [5.41, 5.74) is 2.72. The number of anilines is 1. The molecule has 0 heterocycles. The summed E-state index contributed by atoms with van der Waals surface area (Å²) in [5, 5.41) is 2.63. The van der Waals surface area contributed by atoms with E-state index >= 15 is 0 Å². The molecule has 0 aliphatic rings. The average Bonchev–Trinajstić information content (AvgIpc) is 2.70. The second-order valence-corrected chi connectivity index (χ2v) is 8.40. The third-order valence-electron chi connectivity index (χ3n) is 4.22. The van der Waals surface area contributed by atoms with E-state index in [1.54, 1.807) is 36.0 Å². The molecule has 1 amide bonds. The van der Waals surface area contributed by atoms with Gasteiger partial charge in [0.15, 0.2) is 0 Å². The second kappa shape index (κ2) is 9.94. The van der Waals surface area contributed by atoms with Crippen molar-refractivity contribution >= 4 is 39.3 Å². The van der Waals surface area contributed by atoms with Crippen LogP contribution in [-0.4, -0.2) is 12.5 Å². The van der Waals surface area contributed by atoms with Crippen LogP contribution in [0.3, 0.4) is 0 Å². The molecule has 3 rings (SSSR count). The van der Waals surface area contributed by atoms with Crippen LogP contribution in [0.1, 0.15) is 28.4 Å². The molecule has 0 aromatic heterocycles. The predicted molar refractivity (Wildman–Crippen MR) is 120 cm³/mol. The Morgan fingerprint density at radius 3 is 2.55 bits per heavy atom. The zero-order chi connectivity index (χ0) is 20.8. The Hall–Kier alpha value is -2.31. The van der Waals surface area contributed by atoms with Crippen molar-refractivity contribution in [3.8, 4) is 5.75 Å². The number of carbonyl (C=O) groups excluding carboxylic acids is 1. The SMILES string of the molecule is CCOc1ccc(C(=O)Nc2ccc(Br)cc2F)cc1CSc1ccc(C)cc1. The van der Waals surface area contributed by atoms with Gasteiger partial charge in [0.1, 0.15) is 11.6 Å². The lowest BCUT2D eigenvalue weighted by molar-refractivity contribution is 0.102. The van der Waals surface area contributed by atoms with E-state index in [0.29, 0.717) is 22.4 Å². The van der Waals surface area contributed by atoms with Crippen molar-refractivity contribution in [1.29, 1.82) is 0 Å². The predicted octanol–water partition coefficient (Wildman–Crippen LogP) is 6.84. The fraction of sp³-hybridized carbons (Fsp3) is 0.174. The molecule has 0 aliphatic heterocycles. The molecule has 0 unspecified atom stereocenters. The summed E-state index contributed by atoms with van der Waals surface area (Å²) >= 11 is 4.88. The molecule has 3 aromatic carbocycles. The van der Waals surface area contributed by atoms with Crippen LogP contribution < -0.4 is 10.1 Å². The number of hydrogen-bond donors (Lipinski definition) is 1. The molecule has 0 spiro atoms. The maximum atomic E-state index is 14.0. The summed E-state index contributed by atoms with van der Waals surface area (Å²) in [6.45, 7) is 4.52. The molecule has 0 aliphatic carbocycles. The summed E-state index contributed by atoms with van der Waals surface area (Å²) < 4.78 is 20.4. The number of thioether (sulfide) groups is 1. The van der Waals surface area contributed by atoms with Crippen LogP contribution in [0.4, 0.5) is 10.1 Å². The number of halogens is 2. The maximum absolute atomic E-state index is 14.0. The fourth-order valence-electron chi connectivity index (χ4n) is 2.71. The van der Waals surface area contributed by atoms with Gasteiger partial charge < -0.3 is 10.1 Å². The van der Waals surface area contributed by atoms with Gasteiger partial charge in [-0.25, -0.2) is 4.39 Å². The van der Waals surface area contributed by atoms with Gasteiger partial charge >= 0.3 is 0 Å². The van der Waals surface area contributed by atoms with Crippen LogP contribution in [0, 0.1) is 12.7 Å². The molecule has 0 radical (unpaired) electrons. The molecular weight excluding hydrogens is 453 g/mol. The monoisotopic (exact) mass is 473 g/mol. The van der Waals surface area contributed by atoms with Gasteiger partial charge in [-0.05, 0) is 62.4 Å². The first-order valence-corrected chi connectivity index (χ1v) is 11.0. The molecule has 3 nitrogen and oxygen atoms in total. The Morgan fingerprint density at radius 1 is 1.10 bits per heavy atom. The molecule has 6 heteroatoms. The summed E-state index contributed by atoms with van der Waals surface area (Å²) in [6, 6.07) is 18.1. The zero-order valence-corrected chi connectivity index (χ0v) is 18.6. The third-order valence-corrected chi connectivity index (χ3v) is 5.77. The molecule has 150 valence electrons. The van der Waals surface area contributed by atoms with Gasteiger partial charge in [-0.1, -0.05) is 33.6 Å². The number of rotatable bonds is 7. The van der Waals surface area contributed by atoms with Crippen LogP contribution in [0.25, 0.3) is 0 Å². The molecule has 0 fully saturated rings. The number of hydrogen-bond acceptors (Lipinski definition) is 3. The van der Waals surface area contributed by atoms with Crippen molar-refractivity contribution in [1.82, 2.24) is 0 Å². The van der Waals surface area contributed by atoms with E-state index in [9.17, 15) is 9.18 Å². The molecule has 0 saturated carbocycles. The highest BCUT2D eigenvalue weighted by molar-refractivity contribution is 9.10. The van der Waals surface area contributed by atoms with Gasteiger partial charge in [0.25, 0.3) is 5.91 Å². The molecule has 0 bridgehead atoms. The van der Waals surface area contributed by atoms with Crippen LogP contribution in [-0.2, 0) is 5.75 Å². The van der Waals surface area contributed by atoms with E-state index in [2.05, 4.69) is 52.4 Å². The van der Waals surface area contributed by atoms with Crippen molar-refractivity contribution < 1.29 is 13.9 Å². The highest BCUT2D eigenvalue weighted by Gasteiger charge is 2.13. The molecular formula is C23H21BrFNO2S. The Labute approximate surface area is 182 Å². The average molecular weight is 474 g/mol. The van der Waals surface area contributed by atoms with E-state index < -0.39 is 5.82 Å². The largest absolute Gasteiger partial charge is 0.494 e. The van der Waals surface area contributed by atoms with E-state index in [-0.39, 0.29) is 11.6 Å². The minimum absolute atomic E-state index is 0.141. The van der Waals surface area contributed by atoms with Gasteiger partial charge in [0, 0.05) is 26.2 Å². The lowest BCUT2D eigenvalue weighted by atomic mass is 10.1. The van der Waals surface area contributed by atoms with Gasteiger partial charge in [-0.3, -0.25) is 4.79 Å². The van der Waals surface area contributed by atoms with E-state index in [1.807, 2.05) is 6.92 Å². The Morgan fingerprint density at radius 2 is 1.86 bits per heavy atom. The summed E-state index contributed by atoms with van der Waals surface area (Å²) in [6.07, 6.45) is 0. The number of ether oxygens (including phenoxy) is 1. The topological polar surface area (TPSA) is 38.3 Å². The molecule has 0 atom stereocenters. The number of nitrogens with one attached hydrogen (secondary N) is 1. The standard InChI is InChI=1S/C23H21BrFNO2S/c1-3-28-22-11-6-16(23(27)26-21-10-7-18(24)13-20(21)25)12-17(22)14-29-19-8-4-15(2)5-9-19/h4-13H,3,14H2,1-2H3,(H,26,27). The minimum Gasteiger partial charge on any atom is -0.494 e. The number of amides is 1. The van der Waals surface area contributed by atoms with Gasteiger partial charge in [0.05, 0.1) is 12.3 Å². The molecule has 3 aromatic rings. The summed E-state index contributed by atoms with van der Waals surface area (Å²) in [5.74, 6) is 0.551. The van der Waals surface area contributed by atoms with Crippen molar-refractivity contribution in [3.05, 3.63) is 87.6 Å². The smallest absolute Gasteiger partial charge is 0.255 e. The van der Waals surface area contributed by atoms with Gasteiger partial charge in [0.2, 0.25) is 0 Å². The Balaban J connectivity index is 1.79. The quantitative estimate of drug-likeness (QED) is 0.381. The van der Waals surface area contributed by atoms with Crippen LogP contribution >= 0.6 is 27.7 Å². The summed E-state index contributed by atoms with van der Waals surface area (Å²) in [4.78, 5) is 13.8. The van der Waals surface area contributed by atoms with Crippen LogP contribution in [0.2, 0.25) is 0 Å². The normalized spacial score (nSPS) is 10.6. The highest BCUT2D eigenvalue weighted by Crippen LogP contribution is 2.30. The zero-order valence-electron chi connectivity index (χ0n) is 16.2. The molecule has 1 N–H and O–H groups in total. The van der Waals surface area contributed by atoms with Gasteiger partial charge in [-0.15, -0.1) is 11.8 Å². The Bertz CT molecular complexity index is 1010. The van der Waals surface area contributed by atoms with Crippen molar-refractivity contribution in [3.63, 3.8) is 0 Å². The lowest BCUT2D eigenvalue weighted by Gasteiger charge is -2.13. The van der Waals surface area contributed by atoms with E-state index in [4.69, 9.17) is 4.74 Å². The van der Waals surface area contributed by atoms with Crippen molar-refractivity contribution in [2.24, 2.45) is 0 Å². The minimum atomic E-state index is -0.492. The fourth-order valence-corrected chi connectivity index (χ4v) is 3.92. The molecule has 29 heavy (non-hydrogen) atoms. The Kier molecular flexibility index (Phi) is 7.34. The lowest BCUT2D eigenvalue weighted by Crippen LogP contribution is -2.13. The highest BCUT2D eigenvalue weighted by atomic mass is 79.9. The van der Waals surface area contributed by atoms with Crippen molar-refractivity contribution in [2.75, 3.05) is 11.9 Å². The first-order valence-electron chi connectivity index (χ1n) is 9.18. The first-order chi connectivity index (χ1) is 14.0. The van der Waals surface area contributed by atoms with Crippen molar-refractivity contribution in [2.45, 2.75) is 24.5 Å². The number of aryl methyl sites for hydroxylation is 1. The van der Waals surface area contributed by atoms with E-state index in [0.717, 1.165) is 16.2 Å². The van der Waals surface area contributed by atoms with Crippen LogP contribution in [0.5, 0.6) is 5.75 Å². The summed E-state index contributed by atoms with van der Waals surface area (Å²) in [7, 11) is 0. The maximum Gasteiger partial charge on any atom is 0.255 e. The number of carbonyl (C=O) groups is 1. The van der Waals surface area contributed by atoms with E-state index in [1.165, 1.54) is 17.7 Å². The van der Waals surface area contributed by atoms with Crippen LogP contribution in [0.15, 0.2) is 70.0 Å². The van der Waals surface area contributed by atoms with Gasteiger partial charge in [-0.2, -0.15) is 0 Å². The number of benzene rings is 3. The second-order valence-electron chi connectivity index (χ2n) is 6.44. The molecule has 0 saturated heterocycles. The first kappa shape index (κ1) is 21.4.